The Balaban J connectivity index is 0.00000225. The summed E-state index contributed by atoms with van der Waals surface area (Å²) in [5.74, 6) is 2.68. The number of hydrogen-bond acceptors (Lipinski definition) is 3. The van der Waals surface area contributed by atoms with Crippen LogP contribution in [0.5, 0.6) is 0 Å². The van der Waals surface area contributed by atoms with Crippen LogP contribution in [0.1, 0.15) is 37.5 Å². The van der Waals surface area contributed by atoms with Crippen LogP contribution in [0.25, 0.3) is 0 Å². The van der Waals surface area contributed by atoms with Crippen molar-refractivity contribution in [3.8, 4) is 0 Å². The fourth-order valence-electron chi connectivity index (χ4n) is 3.92. The molecule has 0 radical (unpaired) electrons. The molecule has 3 rings (SSSR count). The monoisotopic (exact) mass is 476 g/mol. The Hall–Kier alpha value is -0.340. The zero-order valence-electron chi connectivity index (χ0n) is 15.6. The molecule has 1 atom stereocenters. The van der Waals surface area contributed by atoms with E-state index in [2.05, 4.69) is 44.5 Å². The number of guanidine groups is 1. The van der Waals surface area contributed by atoms with Crippen LogP contribution >= 0.6 is 35.3 Å². The predicted molar refractivity (Wildman–Crippen MR) is 119 cm³/mol. The molecule has 1 N–H and O–H groups in total. The molecule has 2 fully saturated rings. The summed E-state index contributed by atoms with van der Waals surface area (Å²) in [5.41, 5.74) is 0. The lowest BCUT2D eigenvalue weighted by molar-refractivity contribution is 0.178. The molecule has 6 heteroatoms. The van der Waals surface area contributed by atoms with Crippen molar-refractivity contribution in [2.45, 2.75) is 39.2 Å². The van der Waals surface area contributed by atoms with Crippen molar-refractivity contribution >= 4 is 41.3 Å². The first-order chi connectivity index (χ1) is 11.7. The molecular weight excluding hydrogens is 443 g/mol. The van der Waals surface area contributed by atoms with E-state index < -0.39 is 0 Å². The van der Waals surface area contributed by atoms with Gasteiger partial charge in [-0.3, -0.25) is 9.89 Å². The van der Waals surface area contributed by atoms with E-state index in [1.165, 1.54) is 43.6 Å². The van der Waals surface area contributed by atoms with Crippen LogP contribution in [0.4, 0.5) is 0 Å². The van der Waals surface area contributed by atoms with Gasteiger partial charge in [-0.1, -0.05) is 13.0 Å². The number of nitrogens with one attached hydrogen (secondary N) is 1. The van der Waals surface area contributed by atoms with Gasteiger partial charge in [0.1, 0.15) is 0 Å². The summed E-state index contributed by atoms with van der Waals surface area (Å²) in [6, 6.07) is 4.41. The molecule has 0 bridgehead atoms. The SMILES string of the molecule is CN=C(NCC1CCN(Cc2cccs2)CC1)N1CCCC(C)C1.I. The highest BCUT2D eigenvalue weighted by atomic mass is 127. The van der Waals surface area contributed by atoms with Crippen molar-refractivity contribution in [2.24, 2.45) is 16.8 Å². The molecule has 2 aliphatic rings. The predicted octanol–water partition coefficient (Wildman–Crippen LogP) is 3.89. The molecule has 1 unspecified atom stereocenters. The minimum absolute atomic E-state index is 0. The Morgan fingerprint density at radius 1 is 1.28 bits per heavy atom. The molecule has 1 aromatic heterocycles. The Kier molecular flexibility index (Phi) is 8.99. The van der Waals surface area contributed by atoms with Gasteiger partial charge in [0.25, 0.3) is 0 Å². The molecule has 0 aromatic carbocycles. The molecule has 0 saturated carbocycles. The first kappa shape index (κ1) is 21.0. The highest BCUT2D eigenvalue weighted by Gasteiger charge is 2.22. The van der Waals surface area contributed by atoms with Gasteiger partial charge in [-0.2, -0.15) is 0 Å². The number of rotatable bonds is 4. The Bertz CT molecular complexity index is 512. The molecule has 3 heterocycles. The molecule has 1 aromatic rings. The van der Waals surface area contributed by atoms with Crippen LogP contribution in [0, 0.1) is 11.8 Å². The highest BCUT2D eigenvalue weighted by molar-refractivity contribution is 14.0. The average Bonchev–Trinajstić information content (AvgIpc) is 3.10. The number of hydrogen-bond donors (Lipinski definition) is 1. The number of piperidine rings is 2. The zero-order valence-corrected chi connectivity index (χ0v) is 18.8. The number of aliphatic imine (C=N–C) groups is 1. The maximum absolute atomic E-state index is 4.52. The summed E-state index contributed by atoms with van der Waals surface area (Å²) in [5, 5.41) is 5.83. The van der Waals surface area contributed by atoms with Crippen molar-refractivity contribution in [3.05, 3.63) is 22.4 Å². The van der Waals surface area contributed by atoms with Crippen LogP contribution in [-0.4, -0.2) is 55.5 Å². The summed E-state index contributed by atoms with van der Waals surface area (Å²) in [6.07, 6.45) is 5.25. The third-order valence-corrected chi connectivity index (χ3v) is 6.25. The molecule has 2 saturated heterocycles. The Labute approximate surface area is 174 Å². The van der Waals surface area contributed by atoms with Gasteiger partial charge >= 0.3 is 0 Å². The van der Waals surface area contributed by atoms with Gasteiger partial charge in [-0.05, 0) is 62.1 Å². The summed E-state index contributed by atoms with van der Waals surface area (Å²) in [6.45, 7) is 9.31. The first-order valence-corrected chi connectivity index (χ1v) is 10.3. The van der Waals surface area contributed by atoms with Crippen molar-refractivity contribution in [2.75, 3.05) is 39.8 Å². The van der Waals surface area contributed by atoms with Crippen molar-refractivity contribution in [1.82, 2.24) is 15.1 Å². The van der Waals surface area contributed by atoms with Crippen LogP contribution < -0.4 is 5.32 Å². The number of nitrogens with zero attached hydrogens (tertiary/aromatic N) is 3. The van der Waals surface area contributed by atoms with Gasteiger partial charge in [-0.15, -0.1) is 35.3 Å². The van der Waals surface area contributed by atoms with E-state index in [0.29, 0.717) is 0 Å². The summed E-state index contributed by atoms with van der Waals surface area (Å²) in [4.78, 5) is 11.1. The van der Waals surface area contributed by atoms with Crippen LogP contribution in [0.15, 0.2) is 22.5 Å². The van der Waals surface area contributed by atoms with Gasteiger partial charge in [0.2, 0.25) is 0 Å². The molecule has 0 amide bonds. The van der Waals surface area contributed by atoms with E-state index in [1.807, 2.05) is 18.4 Å². The van der Waals surface area contributed by atoms with E-state index in [-0.39, 0.29) is 24.0 Å². The van der Waals surface area contributed by atoms with Gasteiger partial charge in [0, 0.05) is 38.1 Å². The average molecular weight is 476 g/mol. The van der Waals surface area contributed by atoms with E-state index in [4.69, 9.17) is 0 Å². The Morgan fingerprint density at radius 2 is 2.08 bits per heavy atom. The lowest BCUT2D eigenvalue weighted by atomic mass is 9.96. The van der Waals surface area contributed by atoms with E-state index >= 15 is 0 Å². The van der Waals surface area contributed by atoms with Gasteiger partial charge in [-0.25, -0.2) is 0 Å². The normalized spacial score (nSPS) is 23.4. The fourth-order valence-corrected chi connectivity index (χ4v) is 4.67. The third kappa shape index (κ3) is 6.40. The molecule has 2 aliphatic heterocycles. The lowest BCUT2D eigenvalue weighted by Gasteiger charge is -2.35. The van der Waals surface area contributed by atoms with Crippen molar-refractivity contribution in [1.29, 1.82) is 0 Å². The summed E-state index contributed by atoms with van der Waals surface area (Å²) < 4.78 is 0. The van der Waals surface area contributed by atoms with Crippen molar-refractivity contribution < 1.29 is 0 Å². The number of halogens is 1. The second-order valence-electron chi connectivity index (χ2n) is 7.42. The van der Waals surface area contributed by atoms with E-state index in [1.54, 1.807) is 0 Å². The van der Waals surface area contributed by atoms with E-state index in [9.17, 15) is 0 Å². The maximum Gasteiger partial charge on any atom is 0.193 e. The molecule has 0 spiro atoms. The van der Waals surface area contributed by atoms with Gasteiger partial charge in [0.05, 0.1) is 0 Å². The second-order valence-corrected chi connectivity index (χ2v) is 8.45. The van der Waals surface area contributed by atoms with Crippen molar-refractivity contribution in [3.63, 3.8) is 0 Å². The standard InChI is InChI=1S/C19H32N4S.HI/c1-16-5-3-9-23(14-16)19(20-2)21-13-17-7-10-22(11-8-17)15-18-6-4-12-24-18;/h4,6,12,16-17H,3,5,7-11,13-15H2,1-2H3,(H,20,21);1H. The Morgan fingerprint density at radius 3 is 2.72 bits per heavy atom. The van der Waals surface area contributed by atoms with Gasteiger partial charge < -0.3 is 10.2 Å². The molecule has 142 valence electrons. The summed E-state index contributed by atoms with van der Waals surface area (Å²) >= 11 is 1.88. The summed E-state index contributed by atoms with van der Waals surface area (Å²) in [7, 11) is 1.92. The number of likely N-dealkylation sites (tertiary alicyclic amines) is 2. The van der Waals surface area contributed by atoms with Crippen LogP contribution in [0.3, 0.4) is 0 Å². The van der Waals surface area contributed by atoms with Gasteiger partial charge in [0.15, 0.2) is 5.96 Å². The molecule has 4 nitrogen and oxygen atoms in total. The van der Waals surface area contributed by atoms with E-state index in [0.717, 1.165) is 44.0 Å². The largest absolute Gasteiger partial charge is 0.356 e. The smallest absolute Gasteiger partial charge is 0.193 e. The first-order valence-electron chi connectivity index (χ1n) is 9.45. The molecule has 25 heavy (non-hydrogen) atoms. The molecule has 0 aliphatic carbocycles. The minimum atomic E-state index is 0. The quantitative estimate of drug-likeness (QED) is 0.407. The third-order valence-electron chi connectivity index (χ3n) is 5.38. The van der Waals surface area contributed by atoms with Crippen LogP contribution in [0.2, 0.25) is 0 Å². The number of thiophene rings is 1. The topological polar surface area (TPSA) is 30.9 Å². The fraction of sp³-hybridized carbons (Fsp3) is 0.737. The maximum atomic E-state index is 4.52. The van der Waals surface area contributed by atoms with Crippen LogP contribution in [-0.2, 0) is 6.54 Å². The minimum Gasteiger partial charge on any atom is -0.356 e. The lowest BCUT2D eigenvalue weighted by Crippen LogP contribution is -2.48. The highest BCUT2D eigenvalue weighted by Crippen LogP contribution is 2.20. The second kappa shape index (κ2) is 10.7. The zero-order chi connectivity index (χ0) is 16.8. The molecular formula is C19H33IN4S.